The Morgan fingerprint density at radius 2 is 1.87 bits per heavy atom. The van der Waals surface area contributed by atoms with Crippen LogP contribution in [0.1, 0.15) is 0 Å². The Morgan fingerprint density at radius 3 is 2.63 bits per heavy atom. The summed E-state index contributed by atoms with van der Waals surface area (Å²) < 4.78 is 29.1. The molecule has 158 valence electrons. The summed E-state index contributed by atoms with van der Waals surface area (Å²) in [6, 6.07) is 13.3. The number of hydrogen-bond acceptors (Lipinski definition) is 7. The van der Waals surface area contributed by atoms with Crippen molar-refractivity contribution in [3.63, 3.8) is 0 Å². The quantitative estimate of drug-likeness (QED) is 0.620. The molecule has 1 aliphatic heterocycles. The maximum Gasteiger partial charge on any atom is 0.152 e. The molecule has 0 bridgehead atoms. The second kappa shape index (κ2) is 8.59. The zero-order chi connectivity index (χ0) is 21.1. The van der Waals surface area contributed by atoms with Crippen LogP contribution >= 0.6 is 0 Å². The molecule has 8 heteroatoms. The summed E-state index contributed by atoms with van der Waals surface area (Å²) in [5.41, 5.74) is 1.52. The Labute approximate surface area is 175 Å². The molecule has 2 aromatic carbocycles. The number of nitrogens with zero attached hydrogens (tertiary/aromatic N) is 2. The van der Waals surface area contributed by atoms with Gasteiger partial charge in [0.15, 0.2) is 9.84 Å². The predicted octanol–water partition coefficient (Wildman–Crippen LogP) is 2.08. The first-order chi connectivity index (χ1) is 14.4. The topological polar surface area (TPSA) is 100.0 Å². The van der Waals surface area contributed by atoms with Gasteiger partial charge in [0, 0.05) is 37.0 Å². The van der Waals surface area contributed by atoms with Gasteiger partial charge >= 0.3 is 0 Å². The maximum atomic E-state index is 11.6. The van der Waals surface area contributed by atoms with Gasteiger partial charge in [-0.3, -0.25) is 9.88 Å². The van der Waals surface area contributed by atoms with Gasteiger partial charge < -0.3 is 14.9 Å². The third-order valence-corrected chi connectivity index (χ3v) is 6.85. The van der Waals surface area contributed by atoms with Crippen molar-refractivity contribution in [1.29, 1.82) is 0 Å². The fourth-order valence-corrected chi connectivity index (χ4v) is 4.98. The lowest BCUT2D eigenvalue weighted by Gasteiger charge is -2.28. The minimum absolute atomic E-state index is 0.0615. The van der Waals surface area contributed by atoms with Crippen LogP contribution in [0.4, 0.5) is 0 Å². The normalized spacial score (nSPS) is 17.6. The Balaban J connectivity index is 1.53. The average Bonchev–Trinajstić information content (AvgIpc) is 2.73. The number of aromatic nitrogens is 1. The van der Waals surface area contributed by atoms with Gasteiger partial charge in [-0.05, 0) is 22.9 Å². The summed E-state index contributed by atoms with van der Waals surface area (Å²) in [5.74, 6) is 0.896. The van der Waals surface area contributed by atoms with E-state index in [-0.39, 0.29) is 23.9 Å². The molecule has 0 amide bonds. The third-order valence-electron chi connectivity index (χ3n) is 5.24. The van der Waals surface area contributed by atoms with Crippen molar-refractivity contribution in [2.45, 2.75) is 6.10 Å². The first kappa shape index (κ1) is 20.6. The number of aliphatic hydroxyl groups is 1. The second-order valence-electron chi connectivity index (χ2n) is 7.51. The molecule has 1 aliphatic rings. The van der Waals surface area contributed by atoms with Crippen molar-refractivity contribution >= 4 is 20.6 Å². The number of ether oxygens (including phenoxy) is 1. The lowest BCUT2D eigenvalue weighted by atomic mass is 9.98. The highest BCUT2D eigenvalue weighted by Gasteiger charge is 2.23. The number of rotatable bonds is 6. The largest absolute Gasteiger partial charge is 0.506 e. The van der Waals surface area contributed by atoms with Gasteiger partial charge in [0.2, 0.25) is 0 Å². The number of aromatic hydroxyl groups is 1. The van der Waals surface area contributed by atoms with E-state index in [4.69, 9.17) is 4.74 Å². The number of pyridine rings is 1. The number of hydrogen-bond donors (Lipinski definition) is 2. The Hall–Kier alpha value is -2.68. The van der Waals surface area contributed by atoms with E-state index in [0.717, 1.165) is 21.9 Å². The van der Waals surface area contributed by atoms with Crippen LogP contribution in [0.25, 0.3) is 21.9 Å². The van der Waals surface area contributed by atoms with Gasteiger partial charge in [0.1, 0.15) is 24.2 Å². The molecule has 1 aromatic heterocycles. The molecule has 3 aromatic rings. The molecule has 4 rings (SSSR count). The third kappa shape index (κ3) is 4.72. The van der Waals surface area contributed by atoms with E-state index in [1.165, 1.54) is 6.20 Å². The number of β-amino-alcohol motifs (C(OH)–C–C–N with tert-alkyl or cyclic N) is 1. The maximum absolute atomic E-state index is 11.6. The van der Waals surface area contributed by atoms with Crippen LogP contribution in [0, 0.1) is 0 Å². The van der Waals surface area contributed by atoms with Gasteiger partial charge in [-0.2, -0.15) is 0 Å². The fraction of sp³-hybridized carbons (Fsp3) is 0.318. The summed E-state index contributed by atoms with van der Waals surface area (Å²) >= 11 is 0. The number of fused-ring (bicyclic) bond motifs is 1. The van der Waals surface area contributed by atoms with Crippen molar-refractivity contribution < 1.29 is 23.4 Å². The van der Waals surface area contributed by atoms with Crippen molar-refractivity contribution in [3.8, 4) is 22.6 Å². The molecule has 2 heterocycles. The first-order valence-electron chi connectivity index (χ1n) is 9.81. The Morgan fingerprint density at radius 1 is 1.10 bits per heavy atom. The summed E-state index contributed by atoms with van der Waals surface area (Å²) in [4.78, 5) is 6.02. The molecule has 0 aliphatic carbocycles. The number of sulfone groups is 1. The molecule has 0 radical (unpaired) electrons. The zero-order valence-corrected chi connectivity index (χ0v) is 17.3. The minimum atomic E-state index is -2.95. The Bertz CT molecular complexity index is 1140. The zero-order valence-electron chi connectivity index (χ0n) is 16.4. The molecule has 30 heavy (non-hydrogen) atoms. The SMILES string of the molecule is O=S1(=O)CCN(CC(O)COc2ccc3ccccc3c2-c2cncc(O)c2)CC1. The van der Waals surface area contributed by atoms with Gasteiger partial charge in [0.05, 0.1) is 17.7 Å². The van der Waals surface area contributed by atoms with E-state index < -0.39 is 15.9 Å². The molecular weight excluding hydrogens is 404 g/mol. The summed E-state index contributed by atoms with van der Waals surface area (Å²) in [5, 5.41) is 22.3. The van der Waals surface area contributed by atoms with Crippen LogP contribution in [-0.2, 0) is 9.84 Å². The summed E-state index contributed by atoms with van der Waals surface area (Å²) in [7, 11) is -2.95. The molecular formula is C22H24N2O5S. The highest BCUT2D eigenvalue weighted by atomic mass is 32.2. The van der Waals surface area contributed by atoms with E-state index in [0.29, 0.717) is 25.4 Å². The van der Waals surface area contributed by atoms with Crippen molar-refractivity contribution in [1.82, 2.24) is 9.88 Å². The van der Waals surface area contributed by atoms with Gasteiger partial charge in [0.25, 0.3) is 0 Å². The van der Waals surface area contributed by atoms with E-state index in [1.54, 1.807) is 12.3 Å². The predicted molar refractivity (Wildman–Crippen MR) is 115 cm³/mol. The van der Waals surface area contributed by atoms with Gasteiger partial charge in [-0.15, -0.1) is 0 Å². The van der Waals surface area contributed by atoms with Crippen LogP contribution in [0.2, 0.25) is 0 Å². The van der Waals surface area contributed by atoms with E-state index in [2.05, 4.69) is 4.98 Å². The molecule has 1 atom stereocenters. The number of aliphatic hydroxyl groups excluding tert-OH is 1. The highest BCUT2D eigenvalue weighted by molar-refractivity contribution is 7.91. The molecule has 1 fully saturated rings. The van der Waals surface area contributed by atoms with E-state index >= 15 is 0 Å². The first-order valence-corrected chi connectivity index (χ1v) is 11.6. The van der Waals surface area contributed by atoms with Crippen LogP contribution in [-0.4, -0.2) is 72.4 Å². The summed E-state index contributed by atoms with van der Waals surface area (Å²) in [6.45, 7) is 1.28. The van der Waals surface area contributed by atoms with Crippen LogP contribution in [0.15, 0.2) is 54.9 Å². The van der Waals surface area contributed by atoms with Crippen LogP contribution < -0.4 is 4.74 Å². The van der Waals surface area contributed by atoms with Crippen LogP contribution in [0.3, 0.4) is 0 Å². The highest BCUT2D eigenvalue weighted by Crippen LogP contribution is 2.37. The lowest BCUT2D eigenvalue weighted by Crippen LogP contribution is -2.44. The molecule has 1 unspecified atom stereocenters. The molecule has 1 saturated heterocycles. The van der Waals surface area contributed by atoms with E-state index in [1.807, 2.05) is 41.3 Å². The molecule has 0 saturated carbocycles. The average molecular weight is 429 g/mol. The lowest BCUT2D eigenvalue weighted by molar-refractivity contribution is 0.0712. The van der Waals surface area contributed by atoms with Gasteiger partial charge in [-0.1, -0.05) is 30.3 Å². The molecule has 2 N–H and O–H groups in total. The van der Waals surface area contributed by atoms with Gasteiger partial charge in [-0.25, -0.2) is 8.42 Å². The fourth-order valence-electron chi connectivity index (χ4n) is 3.70. The standard InChI is InChI=1S/C22H24N2O5S/c25-18-11-17(12-23-13-18)22-20-4-2-1-3-16(20)5-6-21(22)29-15-19(26)14-24-7-9-30(27,28)10-8-24/h1-6,11-13,19,25-26H,7-10,14-15H2. The molecule has 7 nitrogen and oxygen atoms in total. The van der Waals surface area contributed by atoms with Crippen molar-refractivity contribution in [2.24, 2.45) is 0 Å². The monoisotopic (exact) mass is 428 g/mol. The summed E-state index contributed by atoms with van der Waals surface area (Å²) in [6.07, 6.45) is 2.28. The molecule has 0 spiro atoms. The van der Waals surface area contributed by atoms with Crippen LogP contribution in [0.5, 0.6) is 11.5 Å². The van der Waals surface area contributed by atoms with Crippen molar-refractivity contribution in [2.75, 3.05) is 37.7 Å². The van der Waals surface area contributed by atoms with E-state index in [9.17, 15) is 18.6 Å². The Kier molecular flexibility index (Phi) is 5.90. The number of benzene rings is 2. The van der Waals surface area contributed by atoms with Crippen molar-refractivity contribution in [3.05, 3.63) is 54.9 Å². The minimum Gasteiger partial charge on any atom is -0.506 e. The smallest absolute Gasteiger partial charge is 0.152 e. The second-order valence-corrected chi connectivity index (χ2v) is 9.81.